The van der Waals surface area contributed by atoms with Crippen LogP contribution in [0.15, 0.2) is 17.1 Å². The zero-order valence-electron chi connectivity index (χ0n) is 17.4. The average molecular weight is 462 g/mol. The molecule has 0 bridgehead atoms. The summed E-state index contributed by atoms with van der Waals surface area (Å²) in [6, 6.07) is 1.55. The second-order valence-electron chi connectivity index (χ2n) is 7.76. The average Bonchev–Trinajstić information content (AvgIpc) is 3.05. The first kappa shape index (κ1) is 24.9. The molecule has 1 aromatic heterocycles. The maximum absolute atomic E-state index is 12.0. The minimum Gasteiger partial charge on any atom is -0.395 e. The SMILES string of the molecule is C[C@H]1C[C@@H](CCO[P+](=O)OCCSC(=O)C(C)(C)CO)O[C@H]1n1ccc(N)nc1=O. The molecule has 12 heteroatoms. The van der Waals surface area contributed by atoms with Gasteiger partial charge >= 0.3 is 13.9 Å². The number of rotatable bonds is 11. The molecule has 10 nitrogen and oxygen atoms in total. The molecule has 1 unspecified atom stereocenters. The summed E-state index contributed by atoms with van der Waals surface area (Å²) in [6.07, 6.45) is 2.22. The van der Waals surface area contributed by atoms with E-state index in [2.05, 4.69) is 4.98 Å². The Bertz CT molecular complexity index is 804. The Morgan fingerprint density at radius 1 is 1.47 bits per heavy atom. The minimum atomic E-state index is -2.30. The van der Waals surface area contributed by atoms with Crippen molar-refractivity contribution in [2.75, 3.05) is 31.3 Å². The number of nitrogens with two attached hydrogens (primary N) is 1. The van der Waals surface area contributed by atoms with E-state index in [1.54, 1.807) is 26.1 Å². The summed E-state index contributed by atoms with van der Waals surface area (Å²) in [7, 11) is -2.30. The Morgan fingerprint density at radius 3 is 2.83 bits per heavy atom. The third kappa shape index (κ3) is 7.11. The molecule has 0 spiro atoms. The van der Waals surface area contributed by atoms with Crippen LogP contribution in [-0.2, 0) is 23.1 Å². The van der Waals surface area contributed by atoms with Crippen LogP contribution in [0.25, 0.3) is 0 Å². The molecule has 0 aliphatic carbocycles. The van der Waals surface area contributed by atoms with Crippen LogP contribution in [0.1, 0.15) is 39.8 Å². The fourth-order valence-electron chi connectivity index (χ4n) is 2.87. The molecule has 1 fully saturated rings. The van der Waals surface area contributed by atoms with E-state index in [0.717, 1.165) is 18.2 Å². The van der Waals surface area contributed by atoms with Gasteiger partial charge in [0.2, 0.25) is 0 Å². The normalized spacial score (nSPS) is 22.3. The van der Waals surface area contributed by atoms with Crippen LogP contribution in [0.5, 0.6) is 0 Å². The van der Waals surface area contributed by atoms with E-state index in [0.29, 0.717) is 12.2 Å². The van der Waals surface area contributed by atoms with Crippen LogP contribution in [0, 0.1) is 11.3 Å². The van der Waals surface area contributed by atoms with Crippen molar-refractivity contribution in [1.82, 2.24) is 9.55 Å². The molecule has 0 aromatic carbocycles. The van der Waals surface area contributed by atoms with Crippen molar-refractivity contribution in [3.63, 3.8) is 0 Å². The highest BCUT2D eigenvalue weighted by molar-refractivity contribution is 8.13. The Morgan fingerprint density at radius 2 is 2.17 bits per heavy atom. The number of aliphatic hydroxyl groups excluding tert-OH is 1. The van der Waals surface area contributed by atoms with Crippen LogP contribution in [-0.4, -0.2) is 51.5 Å². The number of ether oxygens (including phenoxy) is 1. The summed E-state index contributed by atoms with van der Waals surface area (Å²) in [5, 5.41) is 9.00. The second-order valence-corrected chi connectivity index (χ2v) is 9.79. The van der Waals surface area contributed by atoms with Gasteiger partial charge in [0.15, 0.2) is 5.12 Å². The van der Waals surface area contributed by atoms with Gasteiger partial charge in [-0.2, -0.15) is 4.98 Å². The summed E-state index contributed by atoms with van der Waals surface area (Å²) in [6.45, 7) is 5.34. The minimum absolute atomic E-state index is 0.0964. The van der Waals surface area contributed by atoms with E-state index < -0.39 is 25.6 Å². The maximum Gasteiger partial charge on any atom is 0.697 e. The fourth-order valence-corrected chi connectivity index (χ4v) is 4.37. The molecule has 3 N–H and O–H groups in total. The molecule has 2 rings (SSSR count). The van der Waals surface area contributed by atoms with E-state index in [4.69, 9.17) is 24.6 Å². The van der Waals surface area contributed by atoms with Crippen LogP contribution < -0.4 is 11.4 Å². The van der Waals surface area contributed by atoms with E-state index in [-0.39, 0.29) is 42.8 Å². The quantitative estimate of drug-likeness (QED) is 0.371. The third-order valence-electron chi connectivity index (χ3n) is 4.68. The van der Waals surface area contributed by atoms with E-state index in [1.807, 2.05) is 6.92 Å². The van der Waals surface area contributed by atoms with Crippen LogP contribution in [0.2, 0.25) is 0 Å². The number of hydrogen-bond acceptors (Lipinski definition) is 10. The molecule has 0 radical (unpaired) electrons. The van der Waals surface area contributed by atoms with Gasteiger partial charge in [-0.05, 0) is 26.3 Å². The van der Waals surface area contributed by atoms with Gasteiger partial charge < -0.3 is 15.6 Å². The molecular formula is C18H29N3O7PS+. The largest absolute Gasteiger partial charge is 0.697 e. The molecule has 1 aromatic rings. The number of aromatic nitrogens is 2. The molecule has 1 saturated heterocycles. The van der Waals surface area contributed by atoms with Crippen LogP contribution >= 0.6 is 20.0 Å². The Hall–Kier alpha value is -1.36. The van der Waals surface area contributed by atoms with Crippen molar-refractivity contribution in [1.29, 1.82) is 0 Å². The molecule has 168 valence electrons. The lowest BCUT2D eigenvalue weighted by molar-refractivity contribution is -0.119. The molecule has 1 aliphatic rings. The third-order valence-corrected chi connectivity index (χ3v) is 6.65. The summed E-state index contributed by atoms with van der Waals surface area (Å²) >= 11 is 1.03. The van der Waals surface area contributed by atoms with Gasteiger partial charge in [0.05, 0.1) is 18.1 Å². The zero-order valence-corrected chi connectivity index (χ0v) is 19.1. The van der Waals surface area contributed by atoms with Crippen molar-refractivity contribution < 1.29 is 28.3 Å². The van der Waals surface area contributed by atoms with Gasteiger partial charge in [-0.1, -0.05) is 18.7 Å². The predicted octanol–water partition coefficient (Wildman–Crippen LogP) is 2.11. The van der Waals surface area contributed by atoms with Gasteiger partial charge in [-0.25, -0.2) is 4.79 Å². The second kappa shape index (κ2) is 11.3. The first-order valence-corrected chi connectivity index (χ1v) is 11.7. The lowest BCUT2D eigenvalue weighted by Gasteiger charge is -2.18. The summed E-state index contributed by atoms with van der Waals surface area (Å²) in [5.41, 5.74) is 4.24. The summed E-state index contributed by atoms with van der Waals surface area (Å²) in [5.74, 6) is 0.582. The van der Waals surface area contributed by atoms with E-state index in [1.165, 1.54) is 4.57 Å². The summed E-state index contributed by atoms with van der Waals surface area (Å²) < 4.78 is 29.4. The van der Waals surface area contributed by atoms with Crippen molar-refractivity contribution >= 4 is 30.9 Å². The molecule has 0 saturated carbocycles. The van der Waals surface area contributed by atoms with Gasteiger partial charge in [-0.3, -0.25) is 9.36 Å². The Labute approximate surface area is 180 Å². The molecule has 30 heavy (non-hydrogen) atoms. The number of aliphatic hydroxyl groups is 1. The Kier molecular flexibility index (Phi) is 9.39. The van der Waals surface area contributed by atoms with Gasteiger partial charge in [0, 0.05) is 28.9 Å². The number of hydrogen-bond donors (Lipinski definition) is 2. The highest BCUT2D eigenvalue weighted by atomic mass is 32.2. The molecule has 0 amide bonds. The molecule has 2 heterocycles. The number of carbonyl (C=O) groups is 1. The fraction of sp³-hybridized carbons (Fsp3) is 0.722. The summed E-state index contributed by atoms with van der Waals surface area (Å²) in [4.78, 5) is 27.6. The van der Waals surface area contributed by atoms with E-state index >= 15 is 0 Å². The number of nitrogen functional groups attached to an aromatic ring is 1. The topological polar surface area (TPSA) is 143 Å². The standard InChI is InChI=1S/C18H28N3O7PS/c1-12-10-13(28-15(12)21-6-4-14(19)20-17(21)24)5-7-26-29(25)27-8-9-30-16(23)18(2,3)11-22/h4,6,12-13,15,22H,5,7-11H2,1-3H3,(H-,19,20,24)/p+1/t12-,13+,15+/m0/s1. The van der Waals surface area contributed by atoms with Crippen molar-refractivity contribution in [3.8, 4) is 0 Å². The van der Waals surface area contributed by atoms with E-state index in [9.17, 15) is 14.2 Å². The maximum atomic E-state index is 12.0. The number of carbonyl (C=O) groups excluding carboxylic acids is 1. The lowest BCUT2D eigenvalue weighted by Crippen LogP contribution is -2.29. The molecular weight excluding hydrogens is 433 g/mol. The van der Waals surface area contributed by atoms with Crippen molar-refractivity contribution in [2.24, 2.45) is 11.3 Å². The van der Waals surface area contributed by atoms with Crippen LogP contribution in [0.4, 0.5) is 5.82 Å². The molecule has 1 aliphatic heterocycles. The van der Waals surface area contributed by atoms with Crippen molar-refractivity contribution in [3.05, 3.63) is 22.7 Å². The van der Waals surface area contributed by atoms with Crippen LogP contribution in [0.3, 0.4) is 0 Å². The smallest absolute Gasteiger partial charge is 0.395 e. The zero-order chi connectivity index (χ0) is 22.3. The first-order chi connectivity index (χ1) is 14.1. The molecule has 4 atom stereocenters. The highest BCUT2D eigenvalue weighted by Gasteiger charge is 2.35. The highest BCUT2D eigenvalue weighted by Crippen LogP contribution is 2.35. The monoisotopic (exact) mass is 462 g/mol. The lowest BCUT2D eigenvalue weighted by atomic mass is 9.97. The first-order valence-electron chi connectivity index (χ1n) is 9.65. The number of thioether (sulfide) groups is 1. The Balaban J connectivity index is 1.66. The predicted molar refractivity (Wildman–Crippen MR) is 113 cm³/mol. The van der Waals surface area contributed by atoms with Crippen molar-refractivity contribution in [2.45, 2.75) is 45.9 Å². The van der Waals surface area contributed by atoms with Gasteiger partial charge in [0.25, 0.3) is 0 Å². The number of nitrogens with zero attached hydrogens (tertiary/aromatic N) is 2. The number of anilines is 1. The van der Waals surface area contributed by atoms with Gasteiger partial charge in [0.1, 0.15) is 25.3 Å². The van der Waals surface area contributed by atoms with Gasteiger partial charge in [-0.15, -0.1) is 9.05 Å².